The normalized spacial score (nSPS) is 11.0. The van der Waals surface area contributed by atoms with Crippen molar-refractivity contribution in [3.8, 4) is 29.0 Å². The van der Waals surface area contributed by atoms with Crippen molar-refractivity contribution >= 4 is 23.1 Å². The Balaban J connectivity index is 2.04. The third-order valence-electron chi connectivity index (χ3n) is 4.14. The Kier molecular flexibility index (Phi) is 6.18. The van der Waals surface area contributed by atoms with Gasteiger partial charge in [-0.1, -0.05) is 24.1 Å². The van der Waals surface area contributed by atoms with E-state index < -0.39 is 0 Å². The van der Waals surface area contributed by atoms with Gasteiger partial charge in [0.1, 0.15) is 17.6 Å². The van der Waals surface area contributed by atoms with Crippen LogP contribution in [0.3, 0.4) is 0 Å². The topological polar surface area (TPSA) is 77.8 Å². The van der Waals surface area contributed by atoms with Crippen LogP contribution in [-0.4, -0.2) is 24.0 Å². The van der Waals surface area contributed by atoms with Crippen LogP contribution in [0.25, 0.3) is 11.1 Å². The van der Waals surface area contributed by atoms with Gasteiger partial charge < -0.3 is 10.6 Å². The van der Waals surface area contributed by atoms with Gasteiger partial charge in [0.25, 0.3) is 0 Å². The van der Waals surface area contributed by atoms with Gasteiger partial charge >= 0.3 is 0 Å². The number of hydrogen-bond donors (Lipinski definition) is 2. The predicted molar refractivity (Wildman–Crippen MR) is 112 cm³/mol. The van der Waals surface area contributed by atoms with Crippen molar-refractivity contribution in [3.05, 3.63) is 70.0 Å². The fraction of sp³-hybridized carbons (Fsp3) is 0.136. The fourth-order valence-corrected chi connectivity index (χ4v) is 3.23. The zero-order valence-electron chi connectivity index (χ0n) is 15.5. The lowest BCUT2D eigenvalue weighted by molar-refractivity contribution is -0.117. The van der Waals surface area contributed by atoms with E-state index in [0.717, 1.165) is 16.7 Å². The molecule has 6 heteroatoms. The number of hydrogen-bond acceptors (Lipinski definition) is 5. The van der Waals surface area contributed by atoms with Crippen molar-refractivity contribution in [2.24, 2.45) is 0 Å². The molecule has 1 unspecified atom stereocenters. The van der Waals surface area contributed by atoms with Gasteiger partial charge in [-0.05, 0) is 44.2 Å². The lowest BCUT2D eigenvalue weighted by atomic mass is 10.0. The summed E-state index contributed by atoms with van der Waals surface area (Å²) in [6, 6.07) is 15.0. The summed E-state index contributed by atoms with van der Waals surface area (Å²) < 4.78 is 0. The van der Waals surface area contributed by atoms with Crippen LogP contribution in [0.1, 0.15) is 23.7 Å². The summed E-state index contributed by atoms with van der Waals surface area (Å²) in [5.41, 5.74) is 3.50. The van der Waals surface area contributed by atoms with Crippen molar-refractivity contribution in [3.63, 3.8) is 0 Å². The van der Waals surface area contributed by atoms with E-state index in [1.165, 1.54) is 11.3 Å². The van der Waals surface area contributed by atoms with Crippen LogP contribution in [0.4, 0.5) is 5.82 Å². The first kappa shape index (κ1) is 19.3. The molecule has 138 valence electrons. The molecule has 0 aliphatic carbocycles. The van der Waals surface area contributed by atoms with Gasteiger partial charge in [-0.2, -0.15) is 16.6 Å². The average molecular weight is 386 g/mol. The first-order valence-corrected chi connectivity index (χ1v) is 9.59. The Hall–Kier alpha value is -3.45. The molecule has 0 radical (unpaired) electrons. The van der Waals surface area contributed by atoms with Gasteiger partial charge in [0.15, 0.2) is 0 Å². The second-order valence-corrected chi connectivity index (χ2v) is 6.76. The number of benzene rings is 1. The number of likely N-dealkylation sites (N-methyl/N-ethyl adjacent to an activating group) is 1. The molecular formula is C22H18N4OS. The molecule has 1 atom stereocenters. The summed E-state index contributed by atoms with van der Waals surface area (Å²) in [4.78, 5) is 16.7. The number of carbonyl (C=O) groups is 1. The monoisotopic (exact) mass is 386 g/mol. The quantitative estimate of drug-likeness (QED) is 0.671. The summed E-state index contributed by atoms with van der Waals surface area (Å²) >= 11 is 1.45. The largest absolute Gasteiger partial charge is 0.309 e. The molecule has 3 aromatic rings. The standard InChI is InChI=1S/C22H18N4OS/c1-15(24-2)22(27)26-21-11-9-18(19-14-28-13-17(19)12-23)20(25-21)10-8-16-6-4-3-5-7-16/h3-7,9,11,13-15,24H,1-2H3,(H,25,26,27). The highest BCUT2D eigenvalue weighted by molar-refractivity contribution is 7.08. The molecule has 0 fully saturated rings. The number of carbonyl (C=O) groups excluding carboxylic acids is 1. The fourth-order valence-electron chi connectivity index (χ4n) is 2.45. The number of pyridine rings is 1. The second-order valence-electron chi connectivity index (χ2n) is 6.02. The minimum Gasteiger partial charge on any atom is -0.309 e. The second kappa shape index (κ2) is 8.96. The molecular weight excluding hydrogens is 368 g/mol. The minimum absolute atomic E-state index is 0.182. The number of nitriles is 1. The highest BCUT2D eigenvalue weighted by atomic mass is 32.1. The first-order chi connectivity index (χ1) is 13.6. The minimum atomic E-state index is -0.345. The highest BCUT2D eigenvalue weighted by Gasteiger charge is 2.15. The van der Waals surface area contributed by atoms with Crippen molar-refractivity contribution in [1.29, 1.82) is 5.26 Å². The zero-order valence-corrected chi connectivity index (χ0v) is 16.3. The Bertz CT molecular complexity index is 1090. The summed E-state index contributed by atoms with van der Waals surface area (Å²) in [5, 5.41) is 18.8. The SMILES string of the molecule is CNC(C)C(=O)Nc1ccc(-c2cscc2C#N)c(C#Cc2ccccc2)n1. The molecule has 0 saturated carbocycles. The van der Waals surface area contributed by atoms with Gasteiger partial charge in [0.2, 0.25) is 5.91 Å². The number of aromatic nitrogens is 1. The van der Waals surface area contributed by atoms with Crippen LogP contribution < -0.4 is 10.6 Å². The van der Waals surface area contributed by atoms with Gasteiger partial charge in [-0.15, -0.1) is 0 Å². The number of rotatable bonds is 4. The summed E-state index contributed by atoms with van der Waals surface area (Å²) in [5.74, 6) is 6.43. The number of amides is 1. The molecule has 2 heterocycles. The lowest BCUT2D eigenvalue weighted by Crippen LogP contribution is -2.35. The Morgan fingerprint density at radius 1 is 1.11 bits per heavy atom. The molecule has 0 saturated heterocycles. The molecule has 28 heavy (non-hydrogen) atoms. The smallest absolute Gasteiger partial charge is 0.242 e. The Labute approximate surface area is 168 Å². The van der Waals surface area contributed by atoms with Gasteiger partial charge in [0.05, 0.1) is 11.6 Å². The van der Waals surface area contributed by atoms with Gasteiger partial charge in [-0.25, -0.2) is 4.98 Å². The Morgan fingerprint density at radius 2 is 1.89 bits per heavy atom. The van der Waals surface area contributed by atoms with Crippen molar-refractivity contribution < 1.29 is 4.79 Å². The van der Waals surface area contributed by atoms with Crippen LogP contribution in [0, 0.1) is 23.2 Å². The summed E-state index contributed by atoms with van der Waals surface area (Å²) in [6.45, 7) is 1.77. The third kappa shape index (κ3) is 4.44. The van der Waals surface area contributed by atoms with Crippen molar-refractivity contribution in [2.45, 2.75) is 13.0 Å². The molecule has 3 rings (SSSR count). The van der Waals surface area contributed by atoms with Gasteiger partial charge in [-0.3, -0.25) is 4.79 Å². The maximum atomic E-state index is 12.2. The first-order valence-electron chi connectivity index (χ1n) is 8.65. The number of thiophene rings is 1. The maximum absolute atomic E-state index is 12.2. The summed E-state index contributed by atoms with van der Waals surface area (Å²) in [7, 11) is 1.72. The highest BCUT2D eigenvalue weighted by Crippen LogP contribution is 2.29. The number of nitrogens with zero attached hydrogens (tertiary/aromatic N) is 2. The van der Waals surface area contributed by atoms with Crippen LogP contribution in [0.2, 0.25) is 0 Å². The zero-order chi connectivity index (χ0) is 19.9. The van der Waals surface area contributed by atoms with E-state index in [4.69, 9.17) is 0 Å². The van der Waals surface area contributed by atoms with E-state index in [1.54, 1.807) is 25.4 Å². The molecule has 2 aromatic heterocycles. The predicted octanol–water partition coefficient (Wildman–Crippen LogP) is 3.63. The number of nitrogens with one attached hydrogen (secondary N) is 2. The van der Waals surface area contributed by atoms with E-state index in [2.05, 4.69) is 33.5 Å². The van der Waals surface area contributed by atoms with Crippen molar-refractivity contribution in [2.75, 3.05) is 12.4 Å². The van der Waals surface area contributed by atoms with E-state index in [-0.39, 0.29) is 11.9 Å². The number of anilines is 1. The molecule has 1 amide bonds. The third-order valence-corrected chi connectivity index (χ3v) is 4.89. The van der Waals surface area contributed by atoms with Crippen LogP contribution in [0.5, 0.6) is 0 Å². The molecule has 1 aromatic carbocycles. The van der Waals surface area contributed by atoms with Crippen LogP contribution >= 0.6 is 11.3 Å². The lowest BCUT2D eigenvalue weighted by Gasteiger charge is -2.12. The molecule has 5 nitrogen and oxygen atoms in total. The molecule has 0 bridgehead atoms. The van der Waals surface area contributed by atoms with E-state index in [1.807, 2.05) is 41.8 Å². The molecule has 2 N–H and O–H groups in total. The van der Waals surface area contributed by atoms with Crippen LogP contribution in [-0.2, 0) is 4.79 Å². The van der Waals surface area contributed by atoms with E-state index in [0.29, 0.717) is 17.1 Å². The van der Waals surface area contributed by atoms with Crippen molar-refractivity contribution in [1.82, 2.24) is 10.3 Å². The molecule has 0 spiro atoms. The average Bonchev–Trinajstić information content (AvgIpc) is 3.21. The van der Waals surface area contributed by atoms with Crippen LogP contribution in [0.15, 0.2) is 53.2 Å². The summed E-state index contributed by atoms with van der Waals surface area (Å²) in [6.07, 6.45) is 0. The molecule has 0 aliphatic rings. The maximum Gasteiger partial charge on any atom is 0.242 e. The van der Waals surface area contributed by atoms with Gasteiger partial charge in [0, 0.05) is 27.5 Å². The van der Waals surface area contributed by atoms with E-state index in [9.17, 15) is 10.1 Å². The van der Waals surface area contributed by atoms with E-state index >= 15 is 0 Å². The molecule has 0 aliphatic heterocycles. The Morgan fingerprint density at radius 3 is 2.61 bits per heavy atom.